The summed E-state index contributed by atoms with van der Waals surface area (Å²) in [5, 5.41) is 5.94. The van der Waals surface area contributed by atoms with Gasteiger partial charge in [0.15, 0.2) is 5.11 Å². The molecule has 0 bridgehead atoms. The topological polar surface area (TPSA) is 68.8 Å². The summed E-state index contributed by atoms with van der Waals surface area (Å²) >= 11 is 5.31. The minimum atomic E-state index is -0.291. The number of benzene rings is 2. The highest BCUT2D eigenvalue weighted by atomic mass is 32.1. The molecule has 6 nitrogen and oxygen atoms in total. The second-order valence-electron chi connectivity index (χ2n) is 7.58. The van der Waals surface area contributed by atoms with Gasteiger partial charge in [-0.2, -0.15) is 0 Å². The van der Waals surface area contributed by atoms with Crippen molar-refractivity contribution in [1.29, 1.82) is 0 Å². The van der Waals surface area contributed by atoms with E-state index in [9.17, 15) is 4.79 Å². The molecule has 3 rings (SSSR count). The highest BCUT2D eigenvalue weighted by Crippen LogP contribution is 2.25. The lowest BCUT2D eigenvalue weighted by atomic mass is 10.2. The van der Waals surface area contributed by atoms with Gasteiger partial charge in [-0.15, -0.1) is 0 Å². The Balaban J connectivity index is 1.53. The van der Waals surface area contributed by atoms with Crippen molar-refractivity contribution in [2.75, 3.05) is 25.1 Å². The van der Waals surface area contributed by atoms with E-state index in [0.29, 0.717) is 36.1 Å². The number of nitrogens with one attached hydrogen (secondary N) is 2. The molecule has 1 heterocycles. The van der Waals surface area contributed by atoms with Gasteiger partial charge in [0.2, 0.25) is 0 Å². The van der Waals surface area contributed by atoms with E-state index in [0.717, 1.165) is 25.2 Å². The molecular formula is C23H28N2O4S. The van der Waals surface area contributed by atoms with Crippen molar-refractivity contribution in [3.8, 4) is 11.5 Å². The van der Waals surface area contributed by atoms with E-state index >= 15 is 0 Å². The third-order valence-corrected chi connectivity index (χ3v) is 4.72. The first-order valence-electron chi connectivity index (χ1n) is 10.2. The predicted octanol–water partition coefficient (Wildman–Crippen LogP) is 4.41. The summed E-state index contributed by atoms with van der Waals surface area (Å²) in [6.07, 6.45) is 2.19. The van der Waals surface area contributed by atoms with E-state index in [-0.39, 0.29) is 17.1 Å². The highest BCUT2D eigenvalue weighted by molar-refractivity contribution is 7.80. The number of amides is 1. The van der Waals surface area contributed by atoms with Crippen LogP contribution in [-0.2, 0) is 4.74 Å². The molecule has 0 radical (unpaired) electrons. The summed E-state index contributed by atoms with van der Waals surface area (Å²) in [5.74, 6) is 1.55. The summed E-state index contributed by atoms with van der Waals surface area (Å²) in [5.41, 5.74) is 1.19. The Morgan fingerprint density at radius 1 is 1.17 bits per heavy atom. The number of anilines is 1. The summed E-state index contributed by atoms with van der Waals surface area (Å²) in [4.78, 5) is 12.5. The fourth-order valence-corrected chi connectivity index (χ4v) is 3.15. The van der Waals surface area contributed by atoms with Crippen LogP contribution in [0, 0.1) is 5.92 Å². The van der Waals surface area contributed by atoms with Gasteiger partial charge in [0.1, 0.15) is 18.1 Å². The van der Waals surface area contributed by atoms with Crippen LogP contribution in [0.4, 0.5) is 5.69 Å². The molecule has 1 atom stereocenters. The predicted molar refractivity (Wildman–Crippen MR) is 121 cm³/mol. The Hall–Kier alpha value is -2.64. The number of para-hydroxylation sites is 2. The summed E-state index contributed by atoms with van der Waals surface area (Å²) in [6.45, 7) is 6.08. The number of carbonyl (C=O) groups excluding carboxylic acids is 1. The molecule has 1 unspecified atom stereocenters. The van der Waals surface area contributed by atoms with Gasteiger partial charge in [0.05, 0.1) is 18.4 Å². The van der Waals surface area contributed by atoms with E-state index in [1.807, 2.05) is 24.3 Å². The summed E-state index contributed by atoms with van der Waals surface area (Å²) in [7, 11) is 0. The highest BCUT2D eigenvalue weighted by Gasteiger charge is 2.17. The van der Waals surface area contributed by atoms with Crippen LogP contribution in [0.25, 0.3) is 0 Å². The molecule has 2 N–H and O–H groups in total. The van der Waals surface area contributed by atoms with Crippen LogP contribution >= 0.6 is 12.2 Å². The number of hydrogen-bond acceptors (Lipinski definition) is 5. The number of ether oxygens (including phenoxy) is 3. The Bertz CT molecular complexity index is 849. The Morgan fingerprint density at radius 2 is 1.93 bits per heavy atom. The maximum Gasteiger partial charge on any atom is 0.257 e. The van der Waals surface area contributed by atoms with Crippen molar-refractivity contribution in [1.82, 2.24) is 5.32 Å². The Morgan fingerprint density at radius 3 is 2.63 bits per heavy atom. The third kappa shape index (κ3) is 6.71. The molecule has 1 saturated heterocycles. The maximum absolute atomic E-state index is 12.5. The number of hydrogen-bond donors (Lipinski definition) is 2. The molecular weight excluding hydrogens is 400 g/mol. The lowest BCUT2D eigenvalue weighted by Crippen LogP contribution is -2.34. The van der Waals surface area contributed by atoms with E-state index in [2.05, 4.69) is 24.5 Å². The molecule has 0 aromatic heterocycles. The zero-order valence-electron chi connectivity index (χ0n) is 17.4. The van der Waals surface area contributed by atoms with Gasteiger partial charge in [-0.1, -0.05) is 26.0 Å². The largest absolute Gasteiger partial charge is 0.493 e. The monoisotopic (exact) mass is 428 g/mol. The zero-order chi connectivity index (χ0) is 21.3. The van der Waals surface area contributed by atoms with Crippen molar-refractivity contribution in [3.63, 3.8) is 0 Å². The van der Waals surface area contributed by atoms with E-state index < -0.39 is 0 Å². The van der Waals surface area contributed by atoms with Crippen molar-refractivity contribution < 1.29 is 19.0 Å². The average molecular weight is 429 g/mol. The normalized spacial score (nSPS) is 15.6. The molecule has 1 fully saturated rings. The number of rotatable bonds is 8. The molecule has 2 aromatic carbocycles. The molecule has 7 heteroatoms. The van der Waals surface area contributed by atoms with Crippen LogP contribution in [0.1, 0.15) is 37.0 Å². The molecule has 1 aliphatic heterocycles. The standard InChI is InChI=1S/C23H28N2O4S/c1-16(2)14-28-18-11-9-17(10-12-18)22(26)25-23(30)24-20-7-3-4-8-21(20)29-15-19-6-5-13-27-19/h3-4,7-12,16,19H,5-6,13-15H2,1-2H3,(H2,24,25,26,30). The van der Waals surface area contributed by atoms with Gasteiger partial charge in [-0.25, -0.2) is 0 Å². The second kappa shape index (κ2) is 10.9. The Labute approximate surface area is 182 Å². The molecule has 0 spiro atoms. The van der Waals surface area contributed by atoms with Gasteiger partial charge >= 0.3 is 0 Å². The Kier molecular flexibility index (Phi) is 8.04. The molecule has 0 aliphatic carbocycles. The first-order chi connectivity index (χ1) is 14.5. The molecule has 30 heavy (non-hydrogen) atoms. The molecule has 160 valence electrons. The number of thiocarbonyl (C=S) groups is 1. The van der Waals surface area contributed by atoms with Gasteiger partial charge in [0, 0.05) is 12.2 Å². The van der Waals surface area contributed by atoms with Crippen LogP contribution in [0.15, 0.2) is 48.5 Å². The first kappa shape index (κ1) is 22.1. The van der Waals surface area contributed by atoms with Crippen LogP contribution in [-0.4, -0.2) is 36.9 Å². The lowest BCUT2D eigenvalue weighted by Gasteiger charge is -2.16. The average Bonchev–Trinajstić information content (AvgIpc) is 3.25. The van der Waals surface area contributed by atoms with Crippen molar-refractivity contribution >= 4 is 28.9 Å². The maximum atomic E-state index is 12.5. The van der Waals surface area contributed by atoms with Gasteiger partial charge in [-0.3, -0.25) is 10.1 Å². The fourth-order valence-electron chi connectivity index (χ4n) is 2.95. The molecule has 0 saturated carbocycles. The lowest BCUT2D eigenvalue weighted by molar-refractivity contribution is 0.0682. The quantitative estimate of drug-likeness (QED) is 0.607. The summed E-state index contributed by atoms with van der Waals surface area (Å²) < 4.78 is 17.1. The van der Waals surface area contributed by atoms with Gasteiger partial charge in [-0.05, 0) is 67.4 Å². The first-order valence-corrected chi connectivity index (χ1v) is 10.6. The second-order valence-corrected chi connectivity index (χ2v) is 7.99. The van der Waals surface area contributed by atoms with E-state index in [1.165, 1.54) is 0 Å². The van der Waals surface area contributed by atoms with Gasteiger partial charge < -0.3 is 19.5 Å². The van der Waals surface area contributed by atoms with Crippen LogP contribution in [0.2, 0.25) is 0 Å². The molecule has 1 amide bonds. The van der Waals surface area contributed by atoms with Crippen molar-refractivity contribution in [2.24, 2.45) is 5.92 Å². The number of carbonyl (C=O) groups is 1. The van der Waals surface area contributed by atoms with Crippen LogP contribution in [0.5, 0.6) is 11.5 Å². The smallest absolute Gasteiger partial charge is 0.257 e. The summed E-state index contributed by atoms with van der Waals surface area (Å²) in [6, 6.07) is 14.5. The van der Waals surface area contributed by atoms with Crippen LogP contribution in [0.3, 0.4) is 0 Å². The molecule has 2 aromatic rings. The van der Waals surface area contributed by atoms with E-state index in [1.54, 1.807) is 24.3 Å². The SMILES string of the molecule is CC(C)COc1ccc(C(=O)NC(=S)Nc2ccccc2OCC2CCCO2)cc1. The van der Waals surface area contributed by atoms with E-state index in [4.69, 9.17) is 26.4 Å². The fraction of sp³-hybridized carbons (Fsp3) is 0.391. The molecule has 1 aliphatic rings. The third-order valence-electron chi connectivity index (χ3n) is 4.51. The zero-order valence-corrected chi connectivity index (χ0v) is 18.2. The van der Waals surface area contributed by atoms with Crippen molar-refractivity contribution in [2.45, 2.75) is 32.8 Å². The minimum Gasteiger partial charge on any atom is -0.493 e. The van der Waals surface area contributed by atoms with Crippen molar-refractivity contribution in [3.05, 3.63) is 54.1 Å². The van der Waals surface area contributed by atoms with Gasteiger partial charge in [0.25, 0.3) is 5.91 Å². The van der Waals surface area contributed by atoms with Crippen LogP contribution < -0.4 is 20.1 Å². The minimum absolute atomic E-state index is 0.122.